The minimum atomic E-state index is -0.541. The number of hydrogen-bond acceptors (Lipinski definition) is 6. The van der Waals surface area contributed by atoms with Crippen LogP contribution in [-0.2, 0) is 28.6 Å². The van der Waals surface area contributed by atoms with Crippen molar-refractivity contribution in [3.05, 3.63) is 57.7 Å². The largest absolute Gasteiger partial charge is 0.463 e. The zero-order valence-electron chi connectivity index (χ0n) is 18.5. The lowest BCUT2D eigenvalue weighted by molar-refractivity contribution is -0.138. The van der Waals surface area contributed by atoms with Crippen molar-refractivity contribution < 1.29 is 28.6 Å². The third-order valence-corrected chi connectivity index (χ3v) is 4.26. The number of carbonyl (C=O) groups is 3. The molecule has 1 aromatic rings. The van der Waals surface area contributed by atoms with E-state index in [9.17, 15) is 14.4 Å². The number of hydrogen-bond donors (Lipinski definition) is 0. The molecule has 1 aromatic carbocycles. The van der Waals surface area contributed by atoms with Crippen LogP contribution >= 0.6 is 0 Å². The highest BCUT2D eigenvalue weighted by atomic mass is 16.5. The van der Waals surface area contributed by atoms with Gasteiger partial charge < -0.3 is 14.2 Å². The van der Waals surface area contributed by atoms with Crippen molar-refractivity contribution in [2.45, 2.75) is 41.5 Å². The molecule has 1 rings (SSSR count). The molecule has 162 valence electrons. The quantitative estimate of drug-likeness (QED) is 0.260. The molecule has 0 heterocycles. The maximum Gasteiger partial charge on any atom is 0.338 e. The fourth-order valence-electron chi connectivity index (χ4n) is 2.93. The molecule has 0 amide bonds. The molecule has 0 aliphatic carbocycles. The van der Waals surface area contributed by atoms with Crippen molar-refractivity contribution >= 4 is 30.1 Å². The van der Waals surface area contributed by atoms with Gasteiger partial charge in [0.1, 0.15) is 0 Å². The van der Waals surface area contributed by atoms with Gasteiger partial charge in [-0.05, 0) is 87.6 Å². The van der Waals surface area contributed by atoms with E-state index >= 15 is 0 Å². The van der Waals surface area contributed by atoms with Gasteiger partial charge in [-0.2, -0.15) is 0 Å². The molecule has 0 aliphatic heterocycles. The summed E-state index contributed by atoms with van der Waals surface area (Å²) in [5.41, 5.74) is 4.71. The highest BCUT2D eigenvalue weighted by Gasteiger charge is 2.13. The SMILES string of the molecule is CCOC(=O)/C=C\c1c(C)cc(C)c(/C=C(\C=C\C(=O)OCC)C(=O)OCC)c1C. The monoisotopic (exact) mass is 414 g/mol. The molecule has 6 nitrogen and oxygen atoms in total. The molecule has 0 bridgehead atoms. The van der Waals surface area contributed by atoms with Crippen LogP contribution in [0, 0.1) is 20.8 Å². The second-order valence-corrected chi connectivity index (χ2v) is 6.45. The third-order valence-electron chi connectivity index (χ3n) is 4.26. The Labute approximate surface area is 178 Å². The molecule has 0 atom stereocenters. The van der Waals surface area contributed by atoms with Crippen molar-refractivity contribution in [3.8, 4) is 0 Å². The lowest BCUT2D eigenvalue weighted by Crippen LogP contribution is -2.08. The van der Waals surface area contributed by atoms with Crippen LogP contribution in [0.15, 0.2) is 29.9 Å². The van der Waals surface area contributed by atoms with Crippen LogP contribution in [0.1, 0.15) is 48.6 Å². The maximum atomic E-state index is 12.4. The highest BCUT2D eigenvalue weighted by Crippen LogP contribution is 2.26. The topological polar surface area (TPSA) is 78.9 Å². The molecule has 0 saturated heterocycles. The molecule has 6 heteroatoms. The van der Waals surface area contributed by atoms with E-state index in [1.54, 1.807) is 32.9 Å². The van der Waals surface area contributed by atoms with E-state index < -0.39 is 17.9 Å². The number of ether oxygens (including phenoxy) is 3. The number of rotatable bonds is 9. The number of aryl methyl sites for hydroxylation is 2. The van der Waals surface area contributed by atoms with Gasteiger partial charge in [-0.25, -0.2) is 14.4 Å². The van der Waals surface area contributed by atoms with E-state index in [2.05, 4.69) is 0 Å². The Morgan fingerprint density at radius 2 is 1.30 bits per heavy atom. The summed E-state index contributed by atoms with van der Waals surface area (Å²) in [6, 6.07) is 1.97. The van der Waals surface area contributed by atoms with E-state index in [1.807, 2.05) is 26.8 Å². The Bertz CT molecular complexity index is 874. The second kappa shape index (κ2) is 12.4. The molecule has 0 radical (unpaired) electrons. The standard InChI is InChI=1S/C24H30O6/c1-7-28-22(25)12-10-19(24(27)30-9-3)15-21-17(5)14-16(4)20(18(21)6)11-13-23(26)29-8-2/h10-15H,7-9H2,1-6H3/b12-10+,13-11-,19-15+. The van der Waals surface area contributed by atoms with Gasteiger partial charge in [0.05, 0.1) is 25.4 Å². The van der Waals surface area contributed by atoms with E-state index in [4.69, 9.17) is 14.2 Å². The molecule has 0 spiro atoms. The Morgan fingerprint density at radius 1 is 0.767 bits per heavy atom. The van der Waals surface area contributed by atoms with Crippen molar-refractivity contribution in [1.82, 2.24) is 0 Å². The van der Waals surface area contributed by atoms with Crippen LogP contribution in [-0.4, -0.2) is 37.7 Å². The van der Waals surface area contributed by atoms with Gasteiger partial charge in [0.25, 0.3) is 0 Å². The molecule has 0 aromatic heterocycles. The summed E-state index contributed by atoms with van der Waals surface area (Å²) in [4.78, 5) is 35.8. The molecule has 0 unspecified atom stereocenters. The van der Waals surface area contributed by atoms with E-state index in [0.717, 1.165) is 27.8 Å². The van der Waals surface area contributed by atoms with Gasteiger partial charge in [0.15, 0.2) is 0 Å². The highest BCUT2D eigenvalue weighted by molar-refractivity contribution is 5.99. The summed E-state index contributed by atoms with van der Waals surface area (Å²) < 4.78 is 14.9. The zero-order chi connectivity index (χ0) is 22.7. The average Bonchev–Trinajstić information content (AvgIpc) is 2.67. The molecule has 0 N–H and O–H groups in total. The normalized spacial score (nSPS) is 11.7. The Morgan fingerprint density at radius 3 is 1.87 bits per heavy atom. The number of benzene rings is 1. The van der Waals surface area contributed by atoms with Crippen LogP contribution < -0.4 is 0 Å². The second-order valence-electron chi connectivity index (χ2n) is 6.45. The molecule has 30 heavy (non-hydrogen) atoms. The van der Waals surface area contributed by atoms with Gasteiger partial charge in [0, 0.05) is 12.2 Å². The molecule has 0 aliphatic rings. The number of carbonyl (C=O) groups excluding carboxylic acids is 3. The van der Waals surface area contributed by atoms with E-state index in [-0.39, 0.29) is 18.8 Å². The van der Waals surface area contributed by atoms with Crippen LogP contribution in [0.2, 0.25) is 0 Å². The summed E-state index contributed by atoms with van der Waals surface area (Å²) in [7, 11) is 0. The van der Waals surface area contributed by atoms with Crippen LogP contribution in [0.4, 0.5) is 0 Å². The van der Waals surface area contributed by atoms with Crippen LogP contribution in [0.5, 0.6) is 0 Å². The summed E-state index contributed by atoms with van der Waals surface area (Å²) in [6.45, 7) is 11.7. The van der Waals surface area contributed by atoms with Crippen LogP contribution in [0.3, 0.4) is 0 Å². The zero-order valence-corrected chi connectivity index (χ0v) is 18.5. The maximum absolute atomic E-state index is 12.4. The summed E-state index contributed by atoms with van der Waals surface area (Å²) in [6.07, 6.45) is 7.36. The smallest absolute Gasteiger partial charge is 0.338 e. The predicted molar refractivity (Wildman–Crippen MR) is 117 cm³/mol. The predicted octanol–water partition coefficient (Wildman–Crippen LogP) is 4.25. The van der Waals surface area contributed by atoms with Crippen molar-refractivity contribution in [3.63, 3.8) is 0 Å². The van der Waals surface area contributed by atoms with Crippen molar-refractivity contribution in [2.24, 2.45) is 0 Å². The van der Waals surface area contributed by atoms with Gasteiger partial charge in [-0.1, -0.05) is 6.07 Å². The molecule has 0 fully saturated rings. The molecule has 0 saturated carbocycles. The third kappa shape index (κ3) is 7.35. The van der Waals surface area contributed by atoms with Crippen molar-refractivity contribution in [1.29, 1.82) is 0 Å². The molecular formula is C24H30O6. The first kappa shape index (κ1) is 24.9. The average molecular weight is 414 g/mol. The first-order valence-corrected chi connectivity index (χ1v) is 9.94. The first-order valence-electron chi connectivity index (χ1n) is 9.94. The van der Waals surface area contributed by atoms with Gasteiger partial charge >= 0.3 is 17.9 Å². The molecular weight excluding hydrogens is 384 g/mol. The summed E-state index contributed by atoms with van der Waals surface area (Å²) in [5.74, 6) is -1.50. The van der Waals surface area contributed by atoms with Crippen molar-refractivity contribution in [2.75, 3.05) is 19.8 Å². The van der Waals surface area contributed by atoms with E-state index in [1.165, 1.54) is 18.2 Å². The number of esters is 3. The van der Waals surface area contributed by atoms with Gasteiger partial charge in [0.2, 0.25) is 0 Å². The van der Waals surface area contributed by atoms with Crippen LogP contribution in [0.25, 0.3) is 12.2 Å². The fraction of sp³-hybridized carbons (Fsp3) is 0.375. The van der Waals surface area contributed by atoms with Gasteiger partial charge in [-0.15, -0.1) is 0 Å². The lowest BCUT2D eigenvalue weighted by Gasteiger charge is -2.14. The minimum absolute atomic E-state index is 0.211. The fourth-order valence-corrected chi connectivity index (χ4v) is 2.93. The summed E-state index contributed by atoms with van der Waals surface area (Å²) in [5, 5.41) is 0. The first-order chi connectivity index (χ1) is 14.2. The Kier molecular flexibility index (Phi) is 10.3. The van der Waals surface area contributed by atoms with Gasteiger partial charge in [-0.3, -0.25) is 0 Å². The Hall–Kier alpha value is -3.15. The minimum Gasteiger partial charge on any atom is -0.463 e. The summed E-state index contributed by atoms with van der Waals surface area (Å²) >= 11 is 0. The lowest BCUT2D eigenvalue weighted by atomic mass is 9.92. The Balaban J connectivity index is 3.47. The van der Waals surface area contributed by atoms with E-state index in [0.29, 0.717) is 6.61 Å².